The maximum Gasteiger partial charge on any atom is 0.332 e. The molecule has 0 bridgehead atoms. The first-order valence-electron chi connectivity index (χ1n) is 6.41. The van der Waals surface area contributed by atoms with E-state index in [1.807, 2.05) is 6.07 Å². The summed E-state index contributed by atoms with van der Waals surface area (Å²) >= 11 is 0. The molecule has 1 N–H and O–H groups in total. The number of carbonyl (C=O) groups is 1. The topological polar surface area (TPSA) is 80.6 Å². The molecule has 1 unspecified atom stereocenters. The highest BCUT2D eigenvalue weighted by Gasteiger charge is 2.09. The van der Waals surface area contributed by atoms with Gasteiger partial charge in [-0.1, -0.05) is 12.3 Å². The van der Waals surface area contributed by atoms with Gasteiger partial charge in [-0.25, -0.2) is 0 Å². The van der Waals surface area contributed by atoms with Crippen LogP contribution in [0.3, 0.4) is 0 Å². The third-order valence-electron chi connectivity index (χ3n) is 2.19. The minimum absolute atomic E-state index is 0.0251. The molecule has 1 amide bonds. The van der Waals surface area contributed by atoms with Gasteiger partial charge in [-0.3, -0.25) is 4.79 Å². The normalized spacial score (nSPS) is 11.3. The van der Waals surface area contributed by atoms with Crippen LogP contribution in [0.5, 0.6) is 0 Å². The zero-order valence-corrected chi connectivity index (χ0v) is 12.7. The third-order valence-corrected chi connectivity index (χ3v) is 3.28. The fourth-order valence-corrected chi connectivity index (χ4v) is 2.05. The maximum atomic E-state index is 11.2. The average molecular weight is 300 g/mol. The molecule has 0 aliphatic carbocycles. The van der Waals surface area contributed by atoms with E-state index in [0.29, 0.717) is 26.1 Å². The molecular weight excluding hydrogens is 279 g/mol. The van der Waals surface area contributed by atoms with Crippen LogP contribution in [0.2, 0.25) is 0 Å². The highest BCUT2D eigenvalue weighted by molar-refractivity contribution is 7.41. The molecular formula is C13H21N2O4P. The van der Waals surface area contributed by atoms with Crippen molar-refractivity contribution in [3.05, 3.63) is 0 Å². The van der Waals surface area contributed by atoms with Gasteiger partial charge in [-0.05, 0) is 12.8 Å². The van der Waals surface area contributed by atoms with Crippen molar-refractivity contribution in [2.75, 3.05) is 26.9 Å². The lowest BCUT2D eigenvalue weighted by Gasteiger charge is -2.13. The fraction of sp³-hybridized carbons (Fsp3) is 0.692. The molecule has 0 fully saturated rings. The van der Waals surface area contributed by atoms with E-state index in [2.05, 4.69) is 11.2 Å². The zero-order chi connectivity index (χ0) is 15.1. The summed E-state index contributed by atoms with van der Waals surface area (Å²) in [5.41, 5.74) is 0. The van der Waals surface area contributed by atoms with E-state index in [1.54, 1.807) is 0 Å². The van der Waals surface area contributed by atoms with E-state index in [-0.39, 0.29) is 12.5 Å². The second kappa shape index (κ2) is 14.2. The van der Waals surface area contributed by atoms with Gasteiger partial charge < -0.3 is 18.9 Å². The third kappa shape index (κ3) is 11.9. The Kier molecular flexibility index (Phi) is 13.4. The summed E-state index contributed by atoms with van der Waals surface area (Å²) < 4.78 is 15.6. The lowest BCUT2D eigenvalue weighted by molar-refractivity contribution is -0.120. The van der Waals surface area contributed by atoms with Crippen LogP contribution in [0.4, 0.5) is 0 Å². The number of nitrogens with zero attached hydrogens (tertiary/aromatic N) is 1. The van der Waals surface area contributed by atoms with E-state index >= 15 is 0 Å². The second-order valence-corrected chi connectivity index (χ2v) is 5.10. The molecule has 0 aliphatic rings. The molecule has 0 spiro atoms. The summed E-state index contributed by atoms with van der Waals surface area (Å²) in [4.78, 5) is 11.2. The summed E-state index contributed by atoms with van der Waals surface area (Å²) in [6.07, 6.45) is 8.33. The van der Waals surface area contributed by atoms with Crippen LogP contribution in [0, 0.1) is 23.7 Å². The number of nitrogens with one attached hydrogen (secondary N) is 1. The minimum Gasteiger partial charge on any atom is -0.345 e. The van der Waals surface area contributed by atoms with E-state index in [0.717, 1.165) is 19.3 Å². The molecule has 112 valence electrons. The highest BCUT2D eigenvalue weighted by atomic mass is 31.2. The predicted octanol–water partition coefficient (Wildman–Crippen LogP) is 2.12. The van der Waals surface area contributed by atoms with Gasteiger partial charge in [0, 0.05) is 13.5 Å². The van der Waals surface area contributed by atoms with Gasteiger partial charge in [0.1, 0.15) is 0 Å². The zero-order valence-electron chi connectivity index (χ0n) is 11.8. The van der Waals surface area contributed by atoms with Crippen molar-refractivity contribution in [2.45, 2.75) is 32.1 Å². The van der Waals surface area contributed by atoms with Crippen LogP contribution in [-0.2, 0) is 18.4 Å². The van der Waals surface area contributed by atoms with E-state index in [4.69, 9.17) is 25.3 Å². The largest absolute Gasteiger partial charge is 0.345 e. The second-order valence-electron chi connectivity index (χ2n) is 3.77. The number of unbranched alkanes of at least 4 members (excludes halogenated alkanes) is 2. The first-order valence-corrected chi connectivity index (χ1v) is 7.51. The monoisotopic (exact) mass is 300 g/mol. The van der Waals surface area contributed by atoms with Gasteiger partial charge in [0.25, 0.3) is 0 Å². The summed E-state index contributed by atoms with van der Waals surface area (Å²) in [7, 11) is 0.144. The number of carbonyl (C=O) groups excluding carboxylic acids is 1. The number of amides is 1. The van der Waals surface area contributed by atoms with Gasteiger partial charge in [0.05, 0.1) is 32.2 Å². The van der Waals surface area contributed by atoms with Gasteiger partial charge >= 0.3 is 8.60 Å². The Hall–Kier alpha value is -1.17. The summed E-state index contributed by atoms with van der Waals surface area (Å²) in [6, 6.07) is 1.98. The Morgan fingerprint density at radius 3 is 2.70 bits per heavy atom. The number of nitriles is 1. The molecule has 0 aliphatic heterocycles. The number of terminal acetylenes is 1. The fourth-order valence-electron chi connectivity index (χ4n) is 1.25. The van der Waals surface area contributed by atoms with Gasteiger partial charge in [-0.15, -0.1) is 6.42 Å². The lowest BCUT2D eigenvalue weighted by Crippen LogP contribution is -2.22. The number of hydrogen-bond acceptors (Lipinski definition) is 5. The molecule has 20 heavy (non-hydrogen) atoms. The molecule has 6 nitrogen and oxygen atoms in total. The molecule has 0 aromatic carbocycles. The average Bonchev–Trinajstić information content (AvgIpc) is 2.46. The number of hydrogen-bond donors (Lipinski definition) is 1. The predicted molar refractivity (Wildman–Crippen MR) is 76.4 cm³/mol. The molecule has 0 saturated heterocycles. The molecule has 1 atom stereocenters. The van der Waals surface area contributed by atoms with Crippen LogP contribution in [0.1, 0.15) is 32.1 Å². The summed E-state index contributed by atoms with van der Waals surface area (Å²) in [5, 5.41) is 11.0. The SMILES string of the molecule is C#CCNC(=O)CCCCCOP(OC)OCCC#N. The summed E-state index contributed by atoms with van der Waals surface area (Å²) in [5.74, 6) is 2.33. The van der Waals surface area contributed by atoms with Gasteiger partial charge in [-0.2, -0.15) is 5.26 Å². The first kappa shape index (κ1) is 18.8. The van der Waals surface area contributed by atoms with E-state index < -0.39 is 8.60 Å². The molecule has 7 heteroatoms. The van der Waals surface area contributed by atoms with Crippen molar-refractivity contribution in [3.63, 3.8) is 0 Å². The Labute approximate surface area is 121 Å². The molecule has 0 aromatic rings. The molecule has 0 saturated carbocycles. The Morgan fingerprint density at radius 1 is 1.30 bits per heavy atom. The van der Waals surface area contributed by atoms with E-state index in [9.17, 15) is 4.79 Å². The quantitative estimate of drug-likeness (QED) is 0.339. The van der Waals surface area contributed by atoms with Crippen molar-refractivity contribution in [1.82, 2.24) is 5.32 Å². The van der Waals surface area contributed by atoms with Crippen molar-refractivity contribution >= 4 is 14.5 Å². The minimum atomic E-state index is -1.36. The van der Waals surface area contributed by atoms with Crippen LogP contribution >= 0.6 is 8.60 Å². The first-order chi connectivity index (χ1) is 9.74. The van der Waals surface area contributed by atoms with Crippen LogP contribution in [-0.4, -0.2) is 32.8 Å². The molecule has 0 radical (unpaired) electrons. The molecule has 0 aromatic heterocycles. The number of rotatable bonds is 12. The lowest BCUT2D eigenvalue weighted by atomic mass is 10.2. The van der Waals surface area contributed by atoms with Crippen molar-refractivity contribution in [1.29, 1.82) is 5.26 Å². The van der Waals surface area contributed by atoms with E-state index in [1.165, 1.54) is 7.11 Å². The Balaban J connectivity index is 3.44. The van der Waals surface area contributed by atoms with Gasteiger partial charge in [0.15, 0.2) is 0 Å². The molecule has 0 rings (SSSR count). The van der Waals surface area contributed by atoms with Crippen molar-refractivity contribution < 1.29 is 18.4 Å². The van der Waals surface area contributed by atoms with Crippen LogP contribution < -0.4 is 5.32 Å². The Bertz CT molecular complexity index is 338. The maximum absolute atomic E-state index is 11.2. The Morgan fingerprint density at radius 2 is 2.05 bits per heavy atom. The smallest absolute Gasteiger partial charge is 0.332 e. The van der Waals surface area contributed by atoms with Crippen LogP contribution in [0.25, 0.3) is 0 Å². The van der Waals surface area contributed by atoms with Crippen molar-refractivity contribution in [3.8, 4) is 18.4 Å². The molecule has 0 heterocycles. The highest BCUT2D eigenvalue weighted by Crippen LogP contribution is 2.38. The van der Waals surface area contributed by atoms with Gasteiger partial charge in [0.2, 0.25) is 5.91 Å². The van der Waals surface area contributed by atoms with Crippen LogP contribution in [0.15, 0.2) is 0 Å². The van der Waals surface area contributed by atoms with Crippen molar-refractivity contribution in [2.24, 2.45) is 0 Å². The summed E-state index contributed by atoms with van der Waals surface area (Å²) in [6.45, 7) is 1.10. The standard InChI is InChI=1S/C13H21N2O4P/c1-3-10-15-13(16)8-5-4-6-11-18-20(17-2)19-12-7-9-14/h1H,4-8,10-12H2,2H3,(H,15,16).